The summed E-state index contributed by atoms with van der Waals surface area (Å²) in [7, 11) is 0. The Morgan fingerprint density at radius 2 is 1.95 bits per heavy atom. The van der Waals surface area contributed by atoms with Crippen LogP contribution in [-0.4, -0.2) is 29.4 Å². The molecule has 37 heavy (non-hydrogen) atoms. The van der Waals surface area contributed by atoms with Gasteiger partial charge in [0, 0.05) is 40.3 Å². The Kier molecular flexibility index (Phi) is 9.40. The molecule has 0 radical (unpaired) electrons. The fourth-order valence-corrected chi connectivity index (χ4v) is 5.03. The Morgan fingerprint density at radius 3 is 2.73 bits per heavy atom. The fourth-order valence-electron chi connectivity index (χ4n) is 4.39. The molecule has 196 valence electrons. The molecule has 1 aliphatic heterocycles. The number of anilines is 2. The molecule has 2 amide bonds. The first kappa shape index (κ1) is 26.5. The van der Waals surface area contributed by atoms with Gasteiger partial charge in [-0.15, -0.1) is 11.3 Å². The number of hydrogen-bond donors (Lipinski definition) is 4. The van der Waals surface area contributed by atoms with E-state index in [1.165, 1.54) is 4.88 Å². The molecule has 0 fully saturated rings. The van der Waals surface area contributed by atoms with Crippen LogP contribution in [0, 0.1) is 5.92 Å². The number of nitrogens with one attached hydrogen (secondary N) is 3. The van der Waals surface area contributed by atoms with Crippen molar-refractivity contribution >= 4 is 34.7 Å². The van der Waals surface area contributed by atoms with Crippen molar-refractivity contribution in [2.24, 2.45) is 5.92 Å². The van der Waals surface area contributed by atoms with E-state index in [1.54, 1.807) is 17.4 Å². The summed E-state index contributed by atoms with van der Waals surface area (Å²) in [6.45, 7) is 3.14. The number of thiophene rings is 1. The van der Waals surface area contributed by atoms with Gasteiger partial charge in [-0.2, -0.15) is 0 Å². The Morgan fingerprint density at radius 1 is 1.11 bits per heavy atom. The highest BCUT2D eigenvalue weighted by molar-refractivity contribution is 7.09. The van der Waals surface area contributed by atoms with E-state index >= 15 is 0 Å². The lowest BCUT2D eigenvalue weighted by Gasteiger charge is -2.36. The number of urea groups is 1. The lowest BCUT2D eigenvalue weighted by Crippen LogP contribution is -2.50. The molecule has 9 heteroatoms. The van der Waals surface area contributed by atoms with Crippen molar-refractivity contribution in [1.29, 1.82) is 0 Å². The second-order valence-corrected chi connectivity index (χ2v) is 10.1. The SMILES string of the molecule is CCCCC(C1OCc2ccccc2O1)[C@H](CC(=O)O)NC(=O)Nc1cccc(NCc2cccs2)c1. The number of fused-ring (bicyclic) bond motifs is 1. The molecule has 4 rings (SSSR count). The Labute approximate surface area is 221 Å². The third kappa shape index (κ3) is 7.71. The van der Waals surface area contributed by atoms with Gasteiger partial charge in [0.25, 0.3) is 0 Å². The van der Waals surface area contributed by atoms with Crippen molar-refractivity contribution < 1.29 is 24.2 Å². The number of amides is 2. The number of rotatable bonds is 12. The van der Waals surface area contributed by atoms with Crippen LogP contribution in [-0.2, 0) is 22.7 Å². The number of aliphatic carboxylic acids is 1. The summed E-state index contributed by atoms with van der Waals surface area (Å²) in [5.41, 5.74) is 2.42. The first-order chi connectivity index (χ1) is 18.0. The van der Waals surface area contributed by atoms with E-state index in [4.69, 9.17) is 9.47 Å². The van der Waals surface area contributed by atoms with E-state index in [-0.39, 0.29) is 12.3 Å². The van der Waals surface area contributed by atoms with Crippen LogP contribution in [0.3, 0.4) is 0 Å². The average Bonchev–Trinajstić information content (AvgIpc) is 3.41. The number of carbonyl (C=O) groups is 2. The molecule has 0 aliphatic carbocycles. The number of para-hydroxylation sites is 1. The maximum absolute atomic E-state index is 13.0. The molecule has 1 aromatic heterocycles. The van der Waals surface area contributed by atoms with E-state index in [0.29, 0.717) is 25.3 Å². The minimum atomic E-state index is -0.997. The molecule has 3 atom stereocenters. The van der Waals surface area contributed by atoms with Crippen LogP contribution in [0.4, 0.5) is 16.2 Å². The number of benzene rings is 2. The molecule has 3 aromatic rings. The largest absolute Gasteiger partial charge is 0.481 e. The standard InChI is InChI=1S/C28H33N3O5S/c1-2-3-12-23(27-35-18-19-8-4-5-13-25(19)36-27)24(16-26(32)33)31-28(34)30-21-10-6-9-20(15-21)29-17-22-11-7-14-37-22/h4-11,13-15,23-24,27,29H,2-3,12,16-18H2,1H3,(H,32,33)(H2,30,31,34)/t23?,24-,27?/m0/s1. The zero-order valence-electron chi connectivity index (χ0n) is 20.8. The maximum Gasteiger partial charge on any atom is 0.319 e. The van der Waals surface area contributed by atoms with Crippen molar-refractivity contribution in [3.8, 4) is 5.75 Å². The molecular formula is C28H33N3O5S. The van der Waals surface area contributed by atoms with Crippen molar-refractivity contribution in [2.75, 3.05) is 10.6 Å². The Bertz CT molecular complexity index is 1170. The van der Waals surface area contributed by atoms with Gasteiger partial charge >= 0.3 is 12.0 Å². The summed E-state index contributed by atoms with van der Waals surface area (Å²) in [6.07, 6.45) is 1.54. The average molecular weight is 524 g/mol. The molecule has 4 N–H and O–H groups in total. The van der Waals surface area contributed by atoms with Crippen molar-refractivity contribution in [1.82, 2.24) is 5.32 Å². The van der Waals surface area contributed by atoms with Gasteiger partial charge in [-0.3, -0.25) is 4.79 Å². The highest BCUT2D eigenvalue weighted by Crippen LogP contribution is 2.32. The maximum atomic E-state index is 13.0. The summed E-state index contributed by atoms with van der Waals surface area (Å²) in [4.78, 5) is 26.0. The lowest BCUT2D eigenvalue weighted by molar-refractivity contribution is -0.153. The molecule has 0 spiro atoms. The molecule has 2 heterocycles. The molecular weight excluding hydrogens is 490 g/mol. The summed E-state index contributed by atoms with van der Waals surface area (Å²) < 4.78 is 12.1. The summed E-state index contributed by atoms with van der Waals surface area (Å²) in [6, 6.07) is 18.0. The number of unbranched alkanes of at least 4 members (excludes halogenated alkanes) is 1. The van der Waals surface area contributed by atoms with E-state index in [2.05, 4.69) is 28.9 Å². The summed E-state index contributed by atoms with van der Waals surface area (Å²) in [5, 5.41) is 20.7. The molecule has 0 bridgehead atoms. The van der Waals surface area contributed by atoms with Crippen LogP contribution in [0.1, 0.15) is 43.0 Å². The third-order valence-electron chi connectivity index (χ3n) is 6.25. The fraction of sp³-hybridized carbons (Fsp3) is 0.357. The predicted octanol–water partition coefficient (Wildman–Crippen LogP) is 6.07. The first-order valence-electron chi connectivity index (χ1n) is 12.5. The summed E-state index contributed by atoms with van der Waals surface area (Å²) in [5.74, 6) is -0.609. The van der Waals surface area contributed by atoms with Crippen LogP contribution in [0.5, 0.6) is 5.75 Å². The number of carboxylic acid groups (broad SMARTS) is 1. The molecule has 0 saturated heterocycles. The molecule has 8 nitrogen and oxygen atoms in total. The zero-order valence-corrected chi connectivity index (χ0v) is 21.6. The van der Waals surface area contributed by atoms with Crippen molar-refractivity contribution in [2.45, 2.75) is 58.1 Å². The van der Waals surface area contributed by atoms with Crippen LogP contribution in [0.15, 0.2) is 66.0 Å². The second kappa shape index (κ2) is 13.1. The number of carbonyl (C=O) groups excluding carboxylic acids is 1. The van der Waals surface area contributed by atoms with Crippen molar-refractivity contribution in [3.05, 3.63) is 76.5 Å². The minimum absolute atomic E-state index is 0.241. The van der Waals surface area contributed by atoms with E-state index in [1.807, 2.05) is 53.9 Å². The number of ether oxygens (including phenoxy) is 2. The minimum Gasteiger partial charge on any atom is -0.481 e. The Hall–Kier alpha value is -3.56. The number of carboxylic acids is 1. The first-order valence-corrected chi connectivity index (χ1v) is 13.4. The Balaban J connectivity index is 1.43. The van der Waals surface area contributed by atoms with Crippen LogP contribution in [0.25, 0.3) is 0 Å². The zero-order chi connectivity index (χ0) is 26.0. The molecule has 1 aliphatic rings. The van der Waals surface area contributed by atoms with Crippen LogP contribution < -0.4 is 20.7 Å². The second-order valence-electron chi connectivity index (χ2n) is 9.03. The molecule has 0 saturated carbocycles. The van der Waals surface area contributed by atoms with Crippen LogP contribution in [0.2, 0.25) is 0 Å². The third-order valence-corrected chi connectivity index (χ3v) is 7.13. The highest BCUT2D eigenvalue weighted by atomic mass is 32.1. The quantitative estimate of drug-likeness (QED) is 0.230. The van der Waals surface area contributed by atoms with E-state index in [0.717, 1.165) is 29.8 Å². The van der Waals surface area contributed by atoms with Crippen LogP contribution >= 0.6 is 11.3 Å². The van der Waals surface area contributed by atoms with Gasteiger partial charge in [-0.25, -0.2) is 4.79 Å². The van der Waals surface area contributed by atoms with Crippen molar-refractivity contribution in [3.63, 3.8) is 0 Å². The van der Waals surface area contributed by atoms with Gasteiger partial charge in [0.15, 0.2) is 0 Å². The molecule has 2 unspecified atom stereocenters. The van der Waals surface area contributed by atoms with E-state index < -0.39 is 24.3 Å². The van der Waals surface area contributed by atoms with Gasteiger partial charge in [0.1, 0.15) is 5.75 Å². The van der Waals surface area contributed by atoms with E-state index in [9.17, 15) is 14.7 Å². The topological polar surface area (TPSA) is 109 Å². The smallest absolute Gasteiger partial charge is 0.319 e. The monoisotopic (exact) mass is 523 g/mol. The van der Waals surface area contributed by atoms with Gasteiger partial charge in [0.2, 0.25) is 6.29 Å². The predicted molar refractivity (Wildman–Crippen MR) is 145 cm³/mol. The highest BCUT2D eigenvalue weighted by Gasteiger charge is 2.36. The molecule has 2 aromatic carbocycles. The van der Waals surface area contributed by atoms with Gasteiger partial charge in [0.05, 0.1) is 13.0 Å². The normalized spacial score (nSPS) is 16.1. The van der Waals surface area contributed by atoms with Gasteiger partial charge in [-0.1, -0.05) is 50.1 Å². The summed E-state index contributed by atoms with van der Waals surface area (Å²) >= 11 is 1.67. The van der Waals surface area contributed by atoms with Gasteiger partial charge in [-0.05, 0) is 42.1 Å². The number of hydrogen-bond acceptors (Lipinski definition) is 6. The lowest BCUT2D eigenvalue weighted by atomic mass is 9.90. The van der Waals surface area contributed by atoms with Gasteiger partial charge < -0.3 is 30.5 Å².